The zero-order chi connectivity index (χ0) is 18.6. The molecule has 1 heterocycles. The van der Waals surface area contributed by atoms with Crippen LogP contribution in [-0.4, -0.2) is 5.91 Å². The monoisotopic (exact) mass is 360 g/mol. The summed E-state index contributed by atoms with van der Waals surface area (Å²) < 4.78 is 44.0. The van der Waals surface area contributed by atoms with Gasteiger partial charge in [-0.25, -0.2) is 0 Å². The third-order valence-corrected chi connectivity index (χ3v) is 3.67. The van der Waals surface area contributed by atoms with E-state index in [0.717, 1.165) is 17.7 Å². The predicted molar refractivity (Wildman–Crippen MR) is 91.9 cm³/mol. The van der Waals surface area contributed by atoms with Crippen LogP contribution in [0.25, 0.3) is 0 Å². The van der Waals surface area contributed by atoms with Crippen molar-refractivity contribution in [1.82, 2.24) is 0 Å². The van der Waals surface area contributed by atoms with Crippen molar-refractivity contribution in [2.75, 3.05) is 10.6 Å². The largest absolute Gasteiger partial charge is 0.459 e. The number of furan rings is 1. The molecular formula is C19H15F3N2O2. The van der Waals surface area contributed by atoms with Gasteiger partial charge in [0.25, 0.3) is 5.91 Å². The lowest BCUT2D eigenvalue weighted by Gasteiger charge is -2.15. The predicted octanol–water partition coefficient (Wildman–Crippen LogP) is 5.16. The second-order valence-corrected chi connectivity index (χ2v) is 5.53. The van der Waals surface area contributed by atoms with Gasteiger partial charge < -0.3 is 15.1 Å². The van der Waals surface area contributed by atoms with Crippen LogP contribution in [-0.2, 0) is 12.7 Å². The molecule has 0 bridgehead atoms. The molecule has 0 unspecified atom stereocenters. The van der Waals surface area contributed by atoms with E-state index in [1.54, 1.807) is 0 Å². The molecule has 0 spiro atoms. The van der Waals surface area contributed by atoms with Crippen molar-refractivity contribution >= 4 is 17.3 Å². The lowest BCUT2D eigenvalue weighted by Crippen LogP contribution is -2.14. The summed E-state index contributed by atoms with van der Waals surface area (Å²) in [4.78, 5) is 12.1. The van der Waals surface area contributed by atoms with Gasteiger partial charge in [-0.3, -0.25) is 4.79 Å². The van der Waals surface area contributed by atoms with Gasteiger partial charge in [0.15, 0.2) is 5.76 Å². The number of alkyl halides is 3. The fourth-order valence-electron chi connectivity index (χ4n) is 2.36. The summed E-state index contributed by atoms with van der Waals surface area (Å²) in [5, 5.41) is 5.51. The normalized spacial score (nSPS) is 11.2. The Labute approximate surface area is 147 Å². The Hall–Kier alpha value is -3.22. The molecular weight excluding hydrogens is 345 g/mol. The Bertz CT molecular complexity index is 876. The standard InChI is InChI=1S/C19H15F3N2O2/c20-19(21,22)14-8-9-15(23-12-13-5-2-1-3-6-13)16(11-14)24-18(25)17-7-4-10-26-17/h1-11,23H,12H2,(H,24,25). The Morgan fingerprint density at radius 1 is 0.962 bits per heavy atom. The highest BCUT2D eigenvalue weighted by atomic mass is 19.4. The van der Waals surface area contributed by atoms with Crippen LogP contribution in [0.15, 0.2) is 71.3 Å². The zero-order valence-electron chi connectivity index (χ0n) is 13.5. The first kappa shape index (κ1) is 17.6. The van der Waals surface area contributed by atoms with E-state index in [2.05, 4.69) is 10.6 Å². The number of nitrogens with one attached hydrogen (secondary N) is 2. The molecule has 1 amide bonds. The summed E-state index contributed by atoms with van der Waals surface area (Å²) in [5.74, 6) is -0.617. The van der Waals surface area contributed by atoms with E-state index < -0.39 is 17.6 Å². The number of hydrogen-bond acceptors (Lipinski definition) is 3. The van der Waals surface area contributed by atoms with Crippen LogP contribution in [0.4, 0.5) is 24.5 Å². The number of hydrogen-bond donors (Lipinski definition) is 2. The summed E-state index contributed by atoms with van der Waals surface area (Å²) in [6.45, 7) is 0.399. The highest BCUT2D eigenvalue weighted by Crippen LogP contribution is 2.34. The van der Waals surface area contributed by atoms with Gasteiger partial charge in [-0.1, -0.05) is 30.3 Å². The van der Waals surface area contributed by atoms with Gasteiger partial charge in [0, 0.05) is 6.54 Å². The van der Waals surface area contributed by atoms with Gasteiger partial charge in [-0.2, -0.15) is 13.2 Å². The number of carbonyl (C=O) groups is 1. The molecule has 0 aliphatic heterocycles. The highest BCUT2D eigenvalue weighted by molar-refractivity contribution is 6.04. The van der Waals surface area contributed by atoms with Crippen LogP contribution < -0.4 is 10.6 Å². The van der Waals surface area contributed by atoms with Crippen LogP contribution in [0.1, 0.15) is 21.7 Å². The fraction of sp³-hybridized carbons (Fsp3) is 0.105. The molecule has 4 nitrogen and oxygen atoms in total. The first-order valence-electron chi connectivity index (χ1n) is 7.77. The Balaban J connectivity index is 1.86. The summed E-state index contributed by atoms with van der Waals surface area (Å²) >= 11 is 0. The summed E-state index contributed by atoms with van der Waals surface area (Å²) in [7, 11) is 0. The van der Waals surface area contributed by atoms with E-state index in [-0.39, 0.29) is 11.4 Å². The van der Waals surface area contributed by atoms with Gasteiger partial charge in [0.2, 0.25) is 0 Å². The molecule has 7 heteroatoms. The smallest absolute Gasteiger partial charge is 0.416 e. The van der Waals surface area contributed by atoms with Gasteiger partial charge in [-0.05, 0) is 35.9 Å². The van der Waals surface area contributed by atoms with Gasteiger partial charge in [-0.15, -0.1) is 0 Å². The quantitative estimate of drug-likeness (QED) is 0.661. The first-order valence-corrected chi connectivity index (χ1v) is 7.77. The second kappa shape index (κ2) is 7.35. The Morgan fingerprint density at radius 2 is 1.73 bits per heavy atom. The summed E-state index contributed by atoms with van der Waals surface area (Å²) in [6, 6.07) is 15.5. The lowest BCUT2D eigenvalue weighted by atomic mass is 10.1. The van der Waals surface area contributed by atoms with E-state index in [1.165, 1.54) is 24.5 Å². The van der Waals surface area contributed by atoms with Gasteiger partial charge >= 0.3 is 6.18 Å². The molecule has 0 radical (unpaired) electrons. The fourth-order valence-corrected chi connectivity index (χ4v) is 2.36. The number of halogens is 3. The molecule has 0 aliphatic carbocycles. The average Bonchev–Trinajstić information content (AvgIpc) is 3.15. The molecule has 2 aromatic carbocycles. The Kier molecular flexibility index (Phi) is 4.97. The van der Waals surface area contributed by atoms with E-state index >= 15 is 0 Å². The topological polar surface area (TPSA) is 54.3 Å². The molecule has 0 fully saturated rings. The molecule has 1 aromatic heterocycles. The van der Waals surface area contributed by atoms with Crippen LogP contribution >= 0.6 is 0 Å². The maximum atomic E-state index is 13.0. The van der Waals surface area contributed by atoms with Crippen LogP contribution in [0, 0.1) is 0 Å². The van der Waals surface area contributed by atoms with Crippen molar-refractivity contribution in [3.05, 3.63) is 83.8 Å². The van der Waals surface area contributed by atoms with Crippen LogP contribution in [0.3, 0.4) is 0 Å². The number of benzene rings is 2. The van der Waals surface area contributed by atoms with E-state index in [4.69, 9.17) is 4.42 Å². The molecule has 0 saturated carbocycles. The van der Waals surface area contributed by atoms with E-state index in [1.807, 2.05) is 30.3 Å². The SMILES string of the molecule is O=C(Nc1cc(C(F)(F)F)ccc1NCc1ccccc1)c1ccco1. The lowest BCUT2D eigenvalue weighted by molar-refractivity contribution is -0.137. The molecule has 0 saturated heterocycles. The Morgan fingerprint density at radius 3 is 2.38 bits per heavy atom. The molecule has 0 aliphatic rings. The molecule has 3 rings (SSSR count). The number of anilines is 2. The molecule has 0 atom stereocenters. The molecule has 26 heavy (non-hydrogen) atoms. The summed E-state index contributed by atoms with van der Waals surface area (Å²) in [6.07, 6.45) is -3.20. The number of carbonyl (C=O) groups excluding carboxylic acids is 1. The minimum Gasteiger partial charge on any atom is -0.459 e. The van der Waals surface area contributed by atoms with Crippen molar-refractivity contribution in [2.24, 2.45) is 0 Å². The van der Waals surface area contributed by atoms with Crippen molar-refractivity contribution in [3.8, 4) is 0 Å². The van der Waals surface area contributed by atoms with Crippen molar-refractivity contribution < 1.29 is 22.4 Å². The van der Waals surface area contributed by atoms with Crippen molar-refractivity contribution in [2.45, 2.75) is 12.7 Å². The zero-order valence-corrected chi connectivity index (χ0v) is 13.5. The maximum absolute atomic E-state index is 13.0. The highest BCUT2D eigenvalue weighted by Gasteiger charge is 2.31. The minimum atomic E-state index is -4.51. The first-order chi connectivity index (χ1) is 12.4. The van der Waals surface area contributed by atoms with Crippen LogP contribution in [0.2, 0.25) is 0 Å². The summed E-state index contributed by atoms with van der Waals surface area (Å²) in [5.41, 5.74) is 0.507. The van der Waals surface area contributed by atoms with Crippen molar-refractivity contribution in [1.29, 1.82) is 0 Å². The third-order valence-electron chi connectivity index (χ3n) is 3.67. The average molecular weight is 360 g/mol. The number of rotatable bonds is 5. The minimum absolute atomic E-state index is 0.0106. The van der Waals surface area contributed by atoms with Gasteiger partial charge in [0.1, 0.15) is 0 Å². The second-order valence-electron chi connectivity index (χ2n) is 5.53. The van der Waals surface area contributed by atoms with Crippen LogP contribution in [0.5, 0.6) is 0 Å². The van der Waals surface area contributed by atoms with E-state index in [0.29, 0.717) is 12.2 Å². The molecule has 2 N–H and O–H groups in total. The molecule has 3 aromatic rings. The van der Waals surface area contributed by atoms with Gasteiger partial charge in [0.05, 0.1) is 23.2 Å². The van der Waals surface area contributed by atoms with Crippen molar-refractivity contribution in [3.63, 3.8) is 0 Å². The maximum Gasteiger partial charge on any atom is 0.416 e. The van der Waals surface area contributed by atoms with E-state index in [9.17, 15) is 18.0 Å². The molecule has 134 valence electrons. The number of amides is 1. The third kappa shape index (κ3) is 4.24.